The number of ketones is 1. The van der Waals surface area contributed by atoms with Gasteiger partial charge in [0.15, 0.2) is 12.4 Å². The zero-order chi connectivity index (χ0) is 21.2. The van der Waals surface area contributed by atoms with E-state index < -0.39 is 16.0 Å². The first-order valence-electron chi connectivity index (χ1n) is 9.22. The smallest absolute Gasteiger partial charge is 0.331 e. The van der Waals surface area contributed by atoms with Crippen LogP contribution in [0.1, 0.15) is 34.0 Å². The third kappa shape index (κ3) is 4.92. The first kappa shape index (κ1) is 20.8. The van der Waals surface area contributed by atoms with Crippen molar-refractivity contribution in [3.63, 3.8) is 0 Å². The predicted molar refractivity (Wildman–Crippen MR) is 112 cm³/mol. The van der Waals surface area contributed by atoms with Crippen molar-refractivity contribution in [2.45, 2.75) is 26.3 Å². The number of sulfonamides is 1. The number of hydrogen-bond donors (Lipinski definition) is 0. The van der Waals surface area contributed by atoms with Crippen molar-refractivity contribution in [3.8, 4) is 0 Å². The van der Waals surface area contributed by atoms with Crippen molar-refractivity contribution in [2.24, 2.45) is 0 Å². The Morgan fingerprint density at radius 3 is 2.52 bits per heavy atom. The topological polar surface area (TPSA) is 80.8 Å². The summed E-state index contributed by atoms with van der Waals surface area (Å²) in [5.41, 5.74) is 3.76. The van der Waals surface area contributed by atoms with Crippen molar-refractivity contribution in [2.75, 3.05) is 17.2 Å². The fourth-order valence-corrected chi connectivity index (χ4v) is 4.66. The number of ether oxygens (including phenoxy) is 1. The number of carbonyl (C=O) groups is 2. The second-order valence-corrected chi connectivity index (χ2v) is 9.09. The number of aryl methyl sites for hydroxylation is 1. The fourth-order valence-electron chi connectivity index (χ4n) is 3.39. The van der Waals surface area contributed by atoms with Crippen LogP contribution in [0, 0.1) is 6.92 Å². The standard InChI is InChI=1S/C22H23NO5S/c1-15-4-6-17(7-5-15)8-11-22(25)28-14-21(24)18-9-10-20-19(13-18)12-16(2)23(20)29(3,26)27/h4-11,13,16H,12,14H2,1-3H3/b11-8+/t16-/m0/s1. The van der Waals surface area contributed by atoms with Gasteiger partial charge in [-0.15, -0.1) is 0 Å². The third-order valence-corrected chi connectivity index (χ3v) is 6.02. The van der Waals surface area contributed by atoms with Crippen molar-refractivity contribution in [1.82, 2.24) is 0 Å². The van der Waals surface area contributed by atoms with Crippen molar-refractivity contribution in [3.05, 3.63) is 70.8 Å². The van der Waals surface area contributed by atoms with E-state index in [-0.39, 0.29) is 18.4 Å². The lowest BCUT2D eigenvalue weighted by Crippen LogP contribution is -2.34. The Kier molecular flexibility index (Phi) is 5.88. The van der Waals surface area contributed by atoms with Crippen LogP contribution in [0.2, 0.25) is 0 Å². The minimum Gasteiger partial charge on any atom is -0.454 e. The lowest BCUT2D eigenvalue weighted by Gasteiger charge is -2.21. The highest BCUT2D eigenvalue weighted by atomic mass is 32.2. The number of nitrogens with zero attached hydrogens (tertiary/aromatic N) is 1. The summed E-state index contributed by atoms with van der Waals surface area (Å²) < 4.78 is 30.4. The van der Waals surface area contributed by atoms with Gasteiger partial charge >= 0.3 is 5.97 Å². The van der Waals surface area contributed by atoms with Crippen LogP contribution in [0.25, 0.3) is 6.08 Å². The summed E-state index contributed by atoms with van der Waals surface area (Å²) in [6.45, 7) is 3.43. The van der Waals surface area contributed by atoms with Gasteiger partial charge in [0.05, 0.1) is 11.9 Å². The average molecular weight is 413 g/mol. The molecule has 0 N–H and O–H groups in total. The molecule has 0 spiro atoms. The summed E-state index contributed by atoms with van der Waals surface area (Å²) >= 11 is 0. The summed E-state index contributed by atoms with van der Waals surface area (Å²) in [7, 11) is -3.38. The summed E-state index contributed by atoms with van der Waals surface area (Å²) in [6, 6.07) is 12.3. The first-order chi connectivity index (χ1) is 13.6. The van der Waals surface area contributed by atoms with Gasteiger partial charge in [-0.3, -0.25) is 9.10 Å². The van der Waals surface area contributed by atoms with Gasteiger partial charge in [-0.2, -0.15) is 0 Å². The summed E-state index contributed by atoms with van der Waals surface area (Å²) in [4.78, 5) is 24.3. The molecule has 0 radical (unpaired) electrons. The zero-order valence-corrected chi connectivity index (χ0v) is 17.4. The molecule has 0 bridgehead atoms. The molecule has 1 heterocycles. The van der Waals surface area contributed by atoms with E-state index in [1.54, 1.807) is 24.3 Å². The SMILES string of the molecule is Cc1ccc(/C=C/C(=O)OCC(=O)c2ccc3c(c2)C[C@H](C)N3S(C)(=O)=O)cc1. The normalized spacial score (nSPS) is 16.1. The quantitative estimate of drug-likeness (QED) is 0.413. The molecule has 0 amide bonds. The number of esters is 1. The molecule has 1 aliphatic heterocycles. The van der Waals surface area contributed by atoms with E-state index in [2.05, 4.69) is 0 Å². The number of rotatable bonds is 6. The molecule has 0 saturated carbocycles. The summed E-state index contributed by atoms with van der Waals surface area (Å²) in [5, 5.41) is 0. The van der Waals surface area contributed by atoms with Gasteiger partial charge in [-0.05, 0) is 55.7 Å². The maximum atomic E-state index is 12.4. The lowest BCUT2D eigenvalue weighted by atomic mass is 10.0. The second-order valence-electron chi connectivity index (χ2n) is 7.23. The van der Waals surface area contributed by atoms with Crippen LogP contribution in [0.5, 0.6) is 0 Å². The van der Waals surface area contributed by atoms with E-state index in [0.29, 0.717) is 17.7 Å². The summed E-state index contributed by atoms with van der Waals surface area (Å²) in [5.74, 6) is -0.938. The maximum absolute atomic E-state index is 12.4. The molecule has 1 aliphatic rings. The molecule has 152 valence electrons. The second kappa shape index (κ2) is 8.21. The van der Waals surface area contributed by atoms with Gasteiger partial charge in [0.2, 0.25) is 10.0 Å². The lowest BCUT2D eigenvalue weighted by molar-refractivity contribution is -0.136. The maximum Gasteiger partial charge on any atom is 0.331 e. The minimum absolute atomic E-state index is 0.199. The molecule has 2 aromatic carbocycles. The third-order valence-electron chi connectivity index (χ3n) is 4.75. The Morgan fingerprint density at radius 2 is 1.86 bits per heavy atom. The first-order valence-corrected chi connectivity index (χ1v) is 11.1. The molecule has 29 heavy (non-hydrogen) atoms. The van der Waals surface area contributed by atoms with Crippen LogP contribution in [-0.4, -0.2) is 39.1 Å². The minimum atomic E-state index is -3.38. The summed E-state index contributed by atoms with van der Waals surface area (Å²) in [6.07, 6.45) is 4.61. The number of carbonyl (C=O) groups excluding carboxylic acids is 2. The van der Waals surface area contributed by atoms with E-state index >= 15 is 0 Å². The molecule has 0 aromatic heterocycles. The van der Waals surface area contributed by atoms with Gasteiger partial charge in [-0.25, -0.2) is 13.2 Å². The molecular formula is C22H23NO5S. The number of Topliss-reactive ketones (excluding diaryl/α,β-unsaturated/α-hetero) is 1. The largest absolute Gasteiger partial charge is 0.454 e. The number of fused-ring (bicyclic) bond motifs is 1. The van der Waals surface area contributed by atoms with E-state index in [0.717, 1.165) is 16.7 Å². The Balaban J connectivity index is 1.62. The van der Waals surface area contributed by atoms with Gasteiger partial charge in [-0.1, -0.05) is 29.8 Å². The monoisotopic (exact) mass is 413 g/mol. The van der Waals surface area contributed by atoms with E-state index in [1.165, 1.54) is 16.6 Å². The Labute approximate surface area is 170 Å². The molecule has 0 saturated heterocycles. The van der Waals surface area contributed by atoms with E-state index in [9.17, 15) is 18.0 Å². The fraction of sp³-hybridized carbons (Fsp3) is 0.273. The van der Waals surface area contributed by atoms with E-state index in [1.807, 2.05) is 38.1 Å². The number of benzene rings is 2. The molecule has 0 fully saturated rings. The zero-order valence-electron chi connectivity index (χ0n) is 16.6. The highest BCUT2D eigenvalue weighted by Gasteiger charge is 2.32. The van der Waals surface area contributed by atoms with Crippen LogP contribution in [-0.2, 0) is 26.0 Å². The molecule has 0 unspecified atom stereocenters. The van der Waals surface area contributed by atoms with Crippen molar-refractivity contribution in [1.29, 1.82) is 0 Å². The molecular weight excluding hydrogens is 390 g/mol. The van der Waals surface area contributed by atoms with Crippen molar-refractivity contribution >= 4 is 33.5 Å². The molecule has 7 heteroatoms. The van der Waals surface area contributed by atoms with Crippen LogP contribution in [0.3, 0.4) is 0 Å². The highest BCUT2D eigenvalue weighted by molar-refractivity contribution is 7.92. The molecule has 2 aromatic rings. The molecule has 3 rings (SSSR count). The molecule has 1 atom stereocenters. The van der Waals surface area contributed by atoms with Gasteiger partial charge in [0.25, 0.3) is 0 Å². The van der Waals surface area contributed by atoms with E-state index in [4.69, 9.17) is 4.74 Å². The Hall–Kier alpha value is -2.93. The van der Waals surface area contributed by atoms with Gasteiger partial charge in [0, 0.05) is 17.7 Å². The highest BCUT2D eigenvalue weighted by Crippen LogP contribution is 2.34. The molecule has 0 aliphatic carbocycles. The number of anilines is 1. The molecule has 6 nitrogen and oxygen atoms in total. The Morgan fingerprint density at radius 1 is 1.17 bits per heavy atom. The van der Waals surface area contributed by atoms with Crippen LogP contribution in [0.4, 0.5) is 5.69 Å². The Bertz CT molecular complexity index is 1070. The van der Waals surface area contributed by atoms with Crippen LogP contribution >= 0.6 is 0 Å². The van der Waals surface area contributed by atoms with Gasteiger partial charge < -0.3 is 4.74 Å². The van der Waals surface area contributed by atoms with Crippen LogP contribution in [0.15, 0.2) is 48.5 Å². The number of hydrogen-bond acceptors (Lipinski definition) is 5. The van der Waals surface area contributed by atoms with Gasteiger partial charge in [0.1, 0.15) is 0 Å². The van der Waals surface area contributed by atoms with Crippen LogP contribution < -0.4 is 4.31 Å². The average Bonchev–Trinajstić information content (AvgIpc) is 3.00. The predicted octanol–water partition coefficient (Wildman–Crippen LogP) is 3.14. The van der Waals surface area contributed by atoms with Crippen molar-refractivity contribution < 1.29 is 22.7 Å².